The molecule has 1 unspecified atom stereocenters. The fraction of sp³-hybridized carbons (Fsp3) is 0.667. The highest BCUT2D eigenvalue weighted by Crippen LogP contribution is 1.99. The molecule has 0 aliphatic carbocycles. The van der Waals surface area contributed by atoms with Crippen molar-refractivity contribution in [2.75, 3.05) is 13.2 Å². The third-order valence-corrected chi connectivity index (χ3v) is 2.46. The summed E-state index contributed by atoms with van der Waals surface area (Å²) in [6.07, 6.45) is 4.26. The van der Waals surface area contributed by atoms with Gasteiger partial charge >= 0.3 is 17.9 Å². The van der Waals surface area contributed by atoms with Gasteiger partial charge in [-0.1, -0.05) is 26.7 Å². The summed E-state index contributed by atoms with van der Waals surface area (Å²) in [7, 11) is 0. The van der Waals surface area contributed by atoms with Crippen LogP contribution >= 0.6 is 0 Å². The highest BCUT2D eigenvalue weighted by Gasteiger charge is 2.17. The minimum absolute atomic E-state index is 0.302. The quantitative estimate of drug-likeness (QED) is 0.266. The molecule has 0 N–H and O–H groups in total. The summed E-state index contributed by atoms with van der Waals surface area (Å²) in [4.78, 5) is 34.1. The van der Waals surface area contributed by atoms with Gasteiger partial charge in [-0.15, -0.1) is 0 Å². The molecule has 0 amide bonds. The Kier molecular flexibility index (Phi) is 10.9. The summed E-state index contributed by atoms with van der Waals surface area (Å²) in [6.45, 7) is 5.98. The van der Waals surface area contributed by atoms with Crippen molar-refractivity contribution in [3.8, 4) is 0 Å². The first-order valence-corrected chi connectivity index (χ1v) is 7.23. The lowest BCUT2D eigenvalue weighted by molar-refractivity contribution is -0.163. The number of unbranched alkanes of at least 4 members (excludes halogenated alkanes) is 2. The topological polar surface area (TPSA) is 78.9 Å². The van der Waals surface area contributed by atoms with Crippen molar-refractivity contribution < 1.29 is 28.6 Å². The molecule has 0 fully saturated rings. The number of hydrogen-bond acceptors (Lipinski definition) is 6. The Bertz CT molecular complexity index is 361. The Hall–Kier alpha value is -1.85. The van der Waals surface area contributed by atoms with E-state index in [9.17, 15) is 14.4 Å². The first kappa shape index (κ1) is 19.1. The molecule has 0 saturated carbocycles. The smallest absolute Gasteiger partial charge is 0.347 e. The molecule has 0 aromatic heterocycles. The summed E-state index contributed by atoms with van der Waals surface area (Å²) >= 11 is 0. The van der Waals surface area contributed by atoms with Gasteiger partial charge in [0.05, 0.1) is 13.2 Å². The van der Waals surface area contributed by atoms with E-state index >= 15 is 0 Å². The van der Waals surface area contributed by atoms with E-state index in [2.05, 4.69) is 0 Å². The summed E-state index contributed by atoms with van der Waals surface area (Å²) in [5, 5.41) is 0. The number of esters is 3. The minimum Gasteiger partial charge on any atom is -0.463 e. The van der Waals surface area contributed by atoms with Gasteiger partial charge in [0.1, 0.15) is 0 Å². The van der Waals surface area contributed by atoms with Gasteiger partial charge in [0.15, 0.2) is 6.10 Å². The monoisotopic (exact) mass is 300 g/mol. The molecule has 120 valence electrons. The first-order valence-electron chi connectivity index (χ1n) is 7.23. The SMILES string of the molecule is CCCCOC(=O)/C=C/C(=O)OC(C)C(=O)OCCCC. The van der Waals surface area contributed by atoms with Crippen LogP contribution in [-0.4, -0.2) is 37.2 Å². The van der Waals surface area contributed by atoms with Crippen LogP contribution in [0.15, 0.2) is 12.2 Å². The molecule has 1 atom stereocenters. The van der Waals surface area contributed by atoms with Crippen LogP contribution in [-0.2, 0) is 28.6 Å². The van der Waals surface area contributed by atoms with Gasteiger partial charge < -0.3 is 14.2 Å². The molecule has 0 spiro atoms. The molecule has 0 rings (SSSR count). The van der Waals surface area contributed by atoms with Crippen molar-refractivity contribution in [1.29, 1.82) is 0 Å². The average molecular weight is 300 g/mol. The van der Waals surface area contributed by atoms with Crippen LogP contribution in [0.25, 0.3) is 0 Å². The van der Waals surface area contributed by atoms with Gasteiger partial charge in [-0.3, -0.25) is 0 Å². The number of carbonyl (C=O) groups is 3. The number of hydrogen-bond donors (Lipinski definition) is 0. The van der Waals surface area contributed by atoms with Gasteiger partial charge in [0.25, 0.3) is 0 Å². The van der Waals surface area contributed by atoms with E-state index < -0.39 is 24.0 Å². The summed E-state index contributed by atoms with van der Waals surface area (Å²) in [5.74, 6) is -2.00. The van der Waals surface area contributed by atoms with Crippen LogP contribution in [0.2, 0.25) is 0 Å². The van der Waals surface area contributed by atoms with Crippen LogP contribution in [0.5, 0.6) is 0 Å². The van der Waals surface area contributed by atoms with Gasteiger partial charge in [-0.2, -0.15) is 0 Å². The van der Waals surface area contributed by atoms with Crippen molar-refractivity contribution in [3.63, 3.8) is 0 Å². The second-order valence-corrected chi connectivity index (χ2v) is 4.45. The van der Waals surface area contributed by atoms with Gasteiger partial charge in [0.2, 0.25) is 0 Å². The summed E-state index contributed by atoms with van der Waals surface area (Å²) < 4.78 is 14.5. The normalized spacial score (nSPS) is 12.0. The van der Waals surface area contributed by atoms with Crippen molar-refractivity contribution in [1.82, 2.24) is 0 Å². The standard InChI is InChI=1S/C15H24O6/c1-4-6-10-19-13(16)8-9-14(17)21-12(3)15(18)20-11-7-5-2/h8-9,12H,4-7,10-11H2,1-3H3/b9-8+. The van der Waals surface area contributed by atoms with Gasteiger partial charge in [0, 0.05) is 12.2 Å². The maximum absolute atomic E-state index is 11.5. The molecular formula is C15H24O6. The zero-order valence-electron chi connectivity index (χ0n) is 12.9. The minimum atomic E-state index is -1.00. The number of ether oxygens (including phenoxy) is 3. The van der Waals surface area contributed by atoms with E-state index in [-0.39, 0.29) is 0 Å². The summed E-state index contributed by atoms with van der Waals surface area (Å²) in [6, 6.07) is 0. The Morgan fingerprint density at radius 3 is 2.00 bits per heavy atom. The molecule has 0 aliphatic rings. The zero-order chi connectivity index (χ0) is 16.1. The van der Waals surface area contributed by atoms with Crippen molar-refractivity contribution in [2.45, 2.75) is 52.6 Å². The highest BCUT2D eigenvalue weighted by molar-refractivity contribution is 5.92. The lowest BCUT2D eigenvalue weighted by atomic mass is 10.3. The molecule has 0 radical (unpaired) electrons. The van der Waals surface area contributed by atoms with E-state index in [1.54, 1.807) is 0 Å². The predicted octanol–water partition coefficient (Wildman–Crippen LogP) is 2.16. The Balaban J connectivity index is 4.00. The van der Waals surface area contributed by atoms with Crippen LogP contribution in [0, 0.1) is 0 Å². The lowest BCUT2D eigenvalue weighted by Gasteiger charge is -2.11. The molecule has 0 aromatic carbocycles. The molecule has 0 aromatic rings. The van der Waals surface area contributed by atoms with Crippen molar-refractivity contribution in [2.24, 2.45) is 0 Å². The zero-order valence-corrected chi connectivity index (χ0v) is 12.9. The Labute approximate surface area is 125 Å². The molecule has 0 aliphatic heterocycles. The fourth-order valence-corrected chi connectivity index (χ4v) is 1.20. The highest BCUT2D eigenvalue weighted by atomic mass is 16.6. The fourth-order valence-electron chi connectivity index (χ4n) is 1.20. The van der Waals surface area contributed by atoms with E-state index in [1.165, 1.54) is 6.92 Å². The Morgan fingerprint density at radius 2 is 1.43 bits per heavy atom. The maximum Gasteiger partial charge on any atom is 0.347 e. The molecule has 0 bridgehead atoms. The lowest BCUT2D eigenvalue weighted by Crippen LogP contribution is -2.26. The average Bonchev–Trinajstić information content (AvgIpc) is 2.45. The van der Waals surface area contributed by atoms with Crippen LogP contribution in [0.4, 0.5) is 0 Å². The predicted molar refractivity (Wildman–Crippen MR) is 76.4 cm³/mol. The molecule has 6 heteroatoms. The van der Waals surface area contributed by atoms with Gasteiger partial charge in [-0.25, -0.2) is 14.4 Å². The van der Waals surface area contributed by atoms with Gasteiger partial charge in [-0.05, 0) is 19.8 Å². The molecule has 6 nitrogen and oxygen atoms in total. The van der Waals surface area contributed by atoms with E-state index in [4.69, 9.17) is 14.2 Å². The molecule has 21 heavy (non-hydrogen) atoms. The molecule has 0 heterocycles. The van der Waals surface area contributed by atoms with Crippen LogP contribution < -0.4 is 0 Å². The third-order valence-electron chi connectivity index (χ3n) is 2.46. The van der Waals surface area contributed by atoms with E-state index in [1.807, 2.05) is 13.8 Å². The maximum atomic E-state index is 11.5. The van der Waals surface area contributed by atoms with Crippen LogP contribution in [0.1, 0.15) is 46.5 Å². The number of carbonyl (C=O) groups excluding carboxylic acids is 3. The van der Waals surface area contributed by atoms with Crippen LogP contribution in [0.3, 0.4) is 0 Å². The number of rotatable bonds is 10. The Morgan fingerprint density at radius 1 is 0.905 bits per heavy atom. The second-order valence-electron chi connectivity index (χ2n) is 4.45. The molecule has 0 saturated heterocycles. The van der Waals surface area contributed by atoms with Crippen molar-refractivity contribution in [3.05, 3.63) is 12.2 Å². The molecular weight excluding hydrogens is 276 g/mol. The van der Waals surface area contributed by atoms with E-state index in [0.29, 0.717) is 13.2 Å². The largest absolute Gasteiger partial charge is 0.463 e. The summed E-state index contributed by atoms with van der Waals surface area (Å²) in [5.41, 5.74) is 0. The second kappa shape index (κ2) is 11.9. The third kappa shape index (κ3) is 10.6. The van der Waals surface area contributed by atoms with Crippen molar-refractivity contribution >= 4 is 17.9 Å². The first-order chi connectivity index (χ1) is 10.0. The van der Waals surface area contributed by atoms with E-state index in [0.717, 1.165) is 37.8 Å².